The van der Waals surface area contributed by atoms with Crippen LogP contribution in [0.1, 0.15) is 0 Å². The zero-order chi connectivity index (χ0) is 51.6. The topological polar surface area (TPSA) is 40.5 Å². The van der Waals surface area contributed by atoms with Crippen LogP contribution in [0.3, 0.4) is 0 Å². The SMILES string of the molecule is Oc1ccc(-c2ccccc2-c2c3c(c(-c4ccccc4)c4ccccc24)-c2cccc4c(-c5ccc6c7c(cccc57)-c5c-6c(-c6ccccc6-c6ccc(O)cc6)c6ccccc6c5-c5ccccc5)ccc-3c24)cc1. The predicted octanol–water partition coefficient (Wildman–Crippen LogP) is 20.7. The molecule has 362 valence electrons. The van der Waals surface area contributed by atoms with Gasteiger partial charge in [-0.05, 0) is 190 Å². The molecule has 0 spiro atoms. The van der Waals surface area contributed by atoms with Gasteiger partial charge in [0.1, 0.15) is 11.5 Å². The Hall–Kier alpha value is -10.3. The van der Waals surface area contributed by atoms with Crippen molar-refractivity contribution in [2.45, 2.75) is 0 Å². The highest BCUT2D eigenvalue weighted by molar-refractivity contribution is 6.32. The molecule has 0 fully saturated rings. The summed E-state index contributed by atoms with van der Waals surface area (Å²) >= 11 is 0. The molecule has 0 bridgehead atoms. The highest BCUT2D eigenvalue weighted by Gasteiger charge is 2.35. The van der Waals surface area contributed by atoms with Gasteiger partial charge in [0.15, 0.2) is 0 Å². The normalized spacial score (nSPS) is 11.9. The van der Waals surface area contributed by atoms with Crippen molar-refractivity contribution in [3.63, 3.8) is 0 Å². The minimum absolute atomic E-state index is 0.250. The molecule has 14 aromatic carbocycles. The lowest BCUT2D eigenvalue weighted by Gasteiger charge is -2.22. The third kappa shape index (κ3) is 6.38. The maximum absolute atomic E-state index is 10.4. The van der Waals surface area contributed by atoms with E-state index in [9.17, 15) is 10.2 Å². The Morgan fingerprint density at radius 2 is 0.436 bits per heavy atom. The van der Waals surface area contributed by atoms with Crippen molar-refractivity contribution in [2.24, 2.45) is 0 Å². The fourth-order valence-corrected chi connectivity index (χ4v) is 13.6. The third-order valence-corrected chi connectivity index (χ3v) is 16.8. The Kier molecular flexibility index (Phi) is 9.67. The zero-order valence-electron chi connectivity index (χ0n) is 42.3. The van der Waals surface area contributed by atoms with Gasteiger partial charge in [-0.2, -0.15) is 0 Å². The van der Waals surface area contributed by atoms with E-state index in [2.05, 4.69) is 218 Å². The smallest absolute Gasteiger partial charge is 0.115 e. The largest absolute Gasteiger partial charge is 0.508 e. The quantitative estimate of drug-likeness (QED) is 0.167. The number of hydrogen-bond donors (Lipinski definition) is 2. The maximum Gasteiger partial charge on any atom is 0.115 e. The van der Waals surface area contributed by atoms with Crippen molar-refractivity contribution in [1.82, 2.24) is 0 Å². The van der Waals surface area contributed by atoms with Gasteiger partial charge in [-0.15, -0.1) is 0 Å². The number of aromatic hydroxyl groups is 2. The summed E-state index contributed by atoms with van der Waals surface area (Å²) in [5.41, 5.74) is 26.2. The molecular weight excluding hydrogens is 945 g/mol. The summed E-state index contributed by atoms with van der Waals surface area (Å²) in [5, 5.41) is 30.6. The first kappa shape index (κ1) is 44.1. The number of benzene rings is 14. The Morgan fingerprint density at radius 1 is 0.154 bits per heavy atom. The number of hydrogen-bond acceptors (Lipinski definition) is 2. The van der Waals surface area contributed by atoms with Crippen LogP contribution in [0.25, 0.3) is 165 Å². The van der Waals surface area contributed by atoms with Gasteiger partial charge in [0, 0.05) is 0 Å². The van der Waals surface area contributed by atoms with Gasteiger partial charge in [0.2, 0.25) is 0 Å². The highest BCUT2D eigenvalue weighted by atomic mass is 16.3. The van der Waals surface area contributed by atoms with Crippen molar-refractivity contribution in [1.29, 1.82) is 0 Å². The second-order valence-corrected chi connectivity index (χ2v) is 20.8. The summed E-state index contributed by atoms with van der Waals surface area (Å²) < 4.78 is 0. The third-order valence-electron chi connectivity index (χ3n) is 16.8. The molecule has 0 saturated carbocycles. The van der Waals surface area contributed by atoms with E-state index >= 15 is 0 Å². The molecule has 2 aliphatic carbocycles. The molecule has 2 nitrogen and oxygen atoms in total. The molecule has 0 atom stereocenters. The molecule has 0 aliphatic heterocycles. The Labute approximate surface area is 451 Å². The van der Waals surface area contributed by atoms with Crippen LogP contribution in [0.15, 0.2) is 267 Å². The number of rotatable bonds is 7. The van der Waals surface area contributed by atoms with Crippen LogP contribution < -0.4 is 0 Å². The lowest BCUT2D eigenvalue weighted by molar-refractivity contribution is 0.475. The molecule has 2 heteroatoms. The van der Waals surface area contributed by atoms with Crippen LogP contribution in [-0.4, -0.2) is 10.2 Å². The Morgan fingerprint density at radius 3 is 0.833 bits per heavy atom. The molecule has 0 saturated heterocycles. The first-order valence-corrected chi connectivity index (χ1v) is 26.8. The second kappa shape index (κ2) is 17.1. The minimum Gasteiger partial charge on any atom is -0.508 e. The monoisotopic (exact) mass is 990 g/mol. The Balaban J connectivity index is 0.974. The number of fused-ring (bicyclic) bond motifs is 8. The summed E-state index contributed by atoms with van der Waals surface area (Å²) in [6.45, 7) is 0. The number of phenols is 2. The fraction of sp³-hybridized carbons (Fsp3) is 0. The first-order valence-electron chi connectivity index (χ1n) is 26.8. The van der Waals surface area contributed by atoms with E-state index in [1.165, 1.54) is 132 Å². The second-order valence-electron chi connectivity index (χ2n) is 20.8. The van der Waals surface area contributed by atoms with Crippen molar-refractivity contribution in [3.05, 3.63) is 267 Å². The molecule has 0 aromatic heterocycles. The van der Waals surface area contributed by atoms with Crippen molar-refractivity contribution < 1.29 is 10.2 Å². The molecule has 16 rings (SSSR count). The first-order chi connectivity index (χ1) is 38.6. The molecule has 14 aromatic rings. The molecule has 78 heavy (non-hydrogen) atoms. The van der Waals surface area contributed by atoms with E-state index < -0.39 is 0 Å². The van der Waals surface area contributed by atoms with Crippen LogP contribution in [0.4, 0.5) is 0 Å². The molecular formula is C76H46O2. The van der Waals surface area contributed by atoms with Gasteiger partial charge in [-0.3, -0.25) is 0 Å². The average Bonchev–Trinajstić information content (AvgIpc) is 3.36. The zero-order valence-corrected chi connectivity index (χ0v) is 42.3. The summed E-state index contributed by atoms with van der Waals surface area (Å²) in [7, 11) is 0. The average molecular weight is 991 g/mol. The number of phenolic OH excluding ortho intramolecular Hbond substituents is 2. The van der Waals surface area contributed by atoms with Gasteiger partial charge in [0.05, 0.1) is 0 Å². The van der Waals surface area contributed by atoms with Crippen LogP contribution in [-0.2, 0) is 0 Å². The maximum atomic E-state index is 10.4. The van der Waals surface area contributed by atoms with Crippen LogP contribution in [0.2, 0.25) is 0 Å². The van der Waals surface area contributed by atoms with Gasteiger partial charge < -0.3 is 10.2 Å². The molecule has 0 amide bonds. The van der Waals surface area contributed by atoms with Crippen LogP contribution in [0.5, 0.6) is 11.5 Å². The van der Waals surface area contributed by atoms with E-state index in [1.807, 2.05) is 24.3 Å². The van der Waals surface area contributed by atoms with E-state index in [1.54, 1.807) is 24.3 Å². The lowest BCUT2D eigenvalue weighted by Crippen LogP contribution is -1.95. The summed E-state index contributed by atoms with van der Waals surface area (Å²) in [4.78, 5) is 0. The Bertz CT molecular complexity index is 4510. The van der Waals surface area contributed by atoms with Gasteiger partial charge in [-0.1, -0.05) is 243 Å². The lowest BCUT2D eigenvalue weighted by atomic mass is 9.81. The molecule has 0 unspecified atom stereocenters. The van der Waals surface area contributed by atoms with E-state index in [0.717, 1.165) is 33.4 Å². The van der Waals surface area contributed by atoms with E-state index in [4.69, 9.17) is 0 Å². The molecule has 2 aliphatic rings. The van der Waals surface area contributed by atoms with Gasteiger partial charge in [0.25, 0.3) is 0 Å². The summed E-state index contributed by atoms with van der Waals surface area (Å²) in [5.74, 6) is 0.501. The van der Waals surface area contributed by atoms with Gasteiger partial charge >= 0.3 is 0 Å². The van der Waals surface area contributed by atoms with Crippen molar-refractivity contribution in [2.75, 3.05) is 0 Å². The van der Waals surface area contributed by atoms with Crippen LogP contribution >= 0.6 is 0 Å². The van der Waals surface area contributed by atoms with E-state index in [-0.39, 0.29) is 11.5 Å². The molecule has 0 radical (unpaired) electrons. The fourth-order valence-electron chi connectivity index (χ4n) is 13.6. The molecule has 2 N–H and O–H groups in total. The van der Waals surface area contributed by atoms with E-state index in [0.29, 0.717) is 0 Å². The standard InChI is InChI=1S/C76H46O2/c77-49-37-33-45(34-38-49)51-21-7-9-23-55(51)71-61-27-13-11-25-59(61)67(47-17-3-1-4-18-47)73-63-31-15-29-57-53(41-43-65(69(57)63)75(71)73)54-42-44-66-70-58(54)30-16-32-64(70)74-68(48-19-5-2-6-20-48)60-26-12-14-28-62(60)72(76(66)74)56-24-10-8-22-52(56)46-35-39-50(78)40-36-46/h1-44,77-78H. The predicted molar refractivity (Wildman–Crippen MR) is 327 cm³/mol. The summed E-state index contributed by atoms with van der Waals surface area (Å²) in [6, 6.07) is 96.0. The van der Waals surface area contributed by atoms with Crippen molar-refractivity contribution in [3.8, 4) is 134 Å². The van der Waals surface area contributed by atoms with Crippen molar-refractivity contribution >= 4 is 43.1 Å². The van der Waals surface area contributed by atoms with Crippen LogP contribution in [0, 0.1) is 0 Å². The highest BCUT2D eigenvalue weighted by Crippen LogP contribution is 2.62. The van der Waals surface area contributed by atoms with Gasteiger partial charge in [-0.25, -0.2) is 0 Å². The summed E-state index contributed by atoms with van der Waals surface area (Å²) in [6.07, 6.45) is 0. The molecule has 0 heterocycles. The minimum atomic E-state index is 0.250.